The standard InChI is InChI=1S/C28H23BrN2O5/c1-15-8-16(2)10-20(9-15)30-14-18(12-25(30)32)28(35)36-21-5-7-24(17(3)11-21)31-26(33)22-6-4-19(29)13-23(22)27(31)34/h4-11,13,18H,12,14H2,1-3H3/t18-/m0/s1. The average molecular weight is 547 g/mol. The molecule has 0 N–H and O–H groups in total. The maximum Gasteiger partial charge on any atom is 0.316 e. The predicted molar refractivity (Wildman–Crippen MR) is 138 cm³/mol. The van der Waals surface area contributed by atoms with E-state index in [0.29, 0.717) is 26.9 Å². The molecule has 1 saturated heterocycles. The molecule has 3 aromatic rings. The van der Waals surface area contributed by atoms with Gasteiger partial charge in [-0.05, 0) is 86.0 Å². The SMILES string of the molecule is Cc1cc(C)cc(N2C[C@@H](C(=O)Oc3ccc(N4C(=O)c5ccc(Br)cc5C4=O)c(C)c3)CC2=O)c1. The van der Waals surface area contributed by atoms with E-state index in [1.165, 1.54) is 0 Å². The highest BCUT2D eigenvalue weighted by Crippen LogP contribution is 2.34. The summed E-state index contributed by atoms with van der Waals surface area (Å²) in [6.07, 6.45) is 0.0769. The highest BCUT2D eigenvalue weighted by Gasteiger charge is 2.38. The number of fused-ring (bicyclic) bond motifs is 1. The summed E-state index contributed by atoms with van der Waals surface area (Å²) in [4.78, 5) is 54.1. The molecular weight excluding hydrogens is 524 g/mol. The summed E-state index contributed by atoms with van der Waals surface area (Å²) in [6.45, 7) is 5.93. The topological polar surface area (TPSA) is 84.0 Å². The van der Waals surface area contributed by atoms with E-state index in [2.05, 4.69) is 15.9 Å². The lowest BCUT2D eigenvalue weighted by Gasteiger charge is -2.19. The Morgan fingerprint density at radius 1 is 0.889 bits per heavy atom. The Hall–Kier alpha value is -3.78. The Labute approximate surface area is 216 Å². The number of rotatable bonds is 4. The van der Waals surface area contributed by atoms with Gasteiger partial charge in [-0.3, -0.25) is 19.2 Å². The van der Waals surface area contributed by atoms with Crippen molar-refractivity contribution in [1.29, 1.82) is 0 Å². The van der Waals surface area contributed by atoms with Crippen molar-refractivity contribution < 1.29 is 23.9 Å². The largest absolute Gasteiger partial charge is 0.426 e. The van der Waals surface area contributed by atoms with E-state index >= 15 is 0 Å². The first kappa shape index (κ1) is 23.9. The van der Waals surface area contributed by atoms with Gasteiger partial charge in [-0.2, -0.15) is 0 Å². The molecule has 0 aliphatic carbocycles. The zero-order valence-corrected chi connectivity index (χ0v) is 21.6. The minimum atomic E-state index is -0.590. The van der Waals surface area contributed by atoms with Crippen LogP contribution in [0.25, 0.3) is 0 Å². The Morgan fingerprint density at radius 3 is 2.28 bits per heavy atom. The molecule has 3 amide bonds. The van der Waals surface area contributed by atoms with Crippen LogP contribution >= 0.6 is 15.9 Å². The second-order valence-corrected chi connectivity index (χ2v) is 10.2. The van der Waals surface area contributed by atoms with Crippen molar-refractivity contribution in [2.24, 2.45) is 5.92 Å². The molecule has 0 radical (unpaired) electrons. The minimum Gasteiger partial charge on any atom is -0.426 e. The van der Waals surface area contributed by atoms with Gasteiger partial charge in [-0.1, -0.05) is 22.0 Å². The third kappa shape index (κ3) is 4.22. The molecule has 182 valence electrons. The number of carbonyl (C=O) groups is 4. The molecular formula is C28H23BrN2O5. The molecule has 1 atom stereocenters. The van der Waals surface area contributed by atoms with Gasteiger partial charge in [0, 0.05) is 23.1 Å². The van der Waals surface area contributed by atoms with E-state index in [-0.39, 0.29) is 24.6 Å². The lowest BCUT2D eigenvalue weighted by atomic mass is 10.1. The number of halogens is 1. The fraction of sp³-hybridized carbons (Fsp3) is 0.214. The molecule has 5 rings (SSSR count). The van der Waals surface area contributed by atoms with Crippen LogP contribution in [0.15, 0.2) is 59.1 Å². The van der Waals surface area contributed by atoms with Crippen molar-refractivity contribution in [2.75, 3.05) is 16.3 Å². The second kappa shape index (κ2) is 9.02. The number of hydrogen-bond acceptors (Lipinski definition) is 5. The zero-order valence-electron chi connectivity index (χ0n) is 20.0. The van der Waals surface area contributed by atoms with Gasteiger partial charge in [-0.25, -0.2) is 4.90 Å². The van der Waals surface area contributed by atoms with E-state index < -0.39 is 23.7 Å². The lowest BCUT2D eigenvalue weighted by Crippen LogP contribution is -2.30. The first-order chi connectivity index (χ1) is 17.1. The Kier molecular flexibility index (Phi) is 6.00. The number of carbonyl (C=O) groups excluding carboxylic acids is 4. The van der Waals surface area contributed by atoms with Gasteiger partial charge in [0.2, 0.25) is 5.91 Å². The van der Waals surface area contributed by atoms with Crippen LogP contribution in [0.3, 0.4) is 0 Å². The molecule has 0 bridgehead atoms. The third-order valence-electron chi connectivity index (χ3n) is 6.45. The van der Waals surface area contributed by atoms with E-state index in [9.17, 15) is 19.2 Å². The molecule has 0 saturated carbocycles. The summed E-state index contributed by atoms with van der Waals surface area (Å²) in [5, 5.41) is 0. The van der Waals surface area contributed by atoms with Gasteiger partial charge in [0.25, 0.3) is 11.8 Å². The van der Waals surface area contributed by atoms with Crippen LogP contribution in [0, 0.1) is 26.7 Å². The summed E-state index contributed by atoms with van der Waals surface area (Å²) in [5.41, 5.74) is 4.58. The van der Waals surface area contributed by atoms with Crippen molar-refractivity contribution in [2.45, 2.75) is 27.2 Å². The summed E-state index contributed by atoms with van der Waals surface area (Å²) in [6, 6.07) is 15.6. The molecule has 0 unspecified atom stereocenters. The number of esters is 1. The first-order valence-corrected chi connectivity index (χ1v) is 12.3. The van der Waals surface area contributed by atoms with Crippen LogP contribution in [-0.4, -0.2) is 30.2 Å². The van der Waals surface area contributed by atoms with Crippen molar-refractivity contribution >= 4 is 51.0 Å². The Morgan fingerprint density at radius 2 is 1.58 bits per heavy atom. The molecule has 2 aliphatic rings. The van der Waals surface area contributed by atoms with E-state index in [0.717, 1.165) is 21.7 Å². The van der Waals surface area contributed by atoms with E-state index in [1.807, 2.05) is 32.0 Å². The normalized spacial score (nSPS) is 17.1. The number of nitrogens with zero attached hydrogens (tertiary/aromatic N) is 2. The van der Waals surface area contributed by atoms with Crippen LogP contribution in [-0.2, 0) is 9.59 Å². The van der Waals surface area contributed by atoms with Gasteiger partial charge in [0.15, 0.2) is 0 Å². The predicted octanol–water partition coefficient (Wildman–Crippen LogP) is 5.13. The molecule has 2 aliphatic heterocycles. The highest BCUT2D eigenvalue weighted by molar-refractivity contribution is 9.10. The van der Waals surface area contributed by atoms with Crippen LogP contribution in [0.2, 0.25) is 0 Å². The molecule has 2 heterocycles. The maximum atomic E-state index is 12.9. The second-order valence-electron chi connectivity index (χ2n) is 9.26. The van der Waals surface area contributed by atoms with E-state index in [1.54, 1.807) is 48.2 Å². The van der Waals surface area contributed by atoms with Gasteiger partial charge in [0.1, 0.15) is 5.75 Å². The number of hydrogen-bond donors (Lipinski definition) is 0. The van der Waals surface area contributed by atoms with Crippen molar-refractivity contribution in [1.82, 2.24) is 0 Å². The van der Waals surface area contributed by atoms with Gasteiger partial charge in [0.05, 0.1) is 22.7 Å². The molecule has 36 heavy (non-hydrogen) atoms. The molecule has 0 spiro atoms. The molecule has 3 aromatic carbocycles. The van der Waals surface area contributed by atoms with Crippen molar-refractivity contribution in [3.63, 3.8) is 0 Å². The Bertz CT molecular complexity index is 1440. The molecule has 1 fully saturated rings. The summed E-state index contributed by atoms with van der Waals surface area (Å²) >= 11 is 3.34. The average Bonchev–Trinajstić information content (AvgIpc) is 3.31. The van der Waals surface area contributed by atoms with E-state index in [4.69, 9.17) is 4.74 Å². The number of ether oxygens (including phenoxy) is 1. The third-order valence-corrected chi connectivity index (χ3v) is 6.95. The molecule has 7 nitrogen and oxygen atoms in total. The quantitative estimate of drug-likeness (QED) is 0.257. The fourth-order valence-electron chi connectivity index (χ4n) is 4.80. The van der Waals surface area contributed by atoms with Crippen LogP contribution < -0.4 is 14.5 Å². The van der Waals surface area contributed by atoms with Crippen LogP contribution in [0.5, 0.6) is 5.75 Å². The number of benzene rings is 3. The van der Waals surface area contributed by atoms with Crippen molar-refractivity contribution in [3.8, 4) is 5.75 Å². The zero-order chi connectivity index (χ0) is 25.7. The summed E-state index contributed by atoms with van der Waals surface area (Å²) < 4.78 is 6.31. The number of anilines is 2. The lowest BCUT2D eigenvalue weighted by molar-refractivity contribution is -0.139. The summed E-state index contributed by atoms with van der Waals surface area (Å²) in [7, 11) is 0. The molecule has 0 aromatic heterocycles. The smallest absolute Gasteiger partial charge is 0.316 e. The van der Waals surface area contributed by atoms with Crippen LogP contribution in [0.4, 0.5) is 11.4 Å². The first-order valence-electron chi connectivity index (χ1n) is 11.5. The van der Waals surface area contributed by atoms with Gasteiger partial charge < -0.3 is 9.64 Å². The van der Waals surface area contributed by atoms with Crippen molar-refractivity contribution in [3.05, 3.63) is 86.9 Å². The highest BCUT2D eigenvalue weighted by atomic mass is 79.9. The maximum absolute atomic E-state index is 12.9. The van der Waals surface area contributed by atoms with Crippen LogP contribution in [0.1, 0.15) is 43.8 Å². The fourth-order valence-corrected chi connectivity index (χ4v) is 5.16. The van der Waals surface area contributed by atoms with Gasteiger partial charge >= 0.3 is 5.97 Å². The monoisotopic (exact) mass is 546 g/mol. The van der Waals surface area contributed by atoms with Gasteiger partial charge in [-0.15, -0.1) is 0 Å². The Balaban J connectivity index is 1.31. The number of amides is 3. The molecule has 8 heteroatoms. The minimum absolute atomic E-state index is 0.0769. The summed E-state index contributed by atoms with van der Waals surface area (Å²) in [5.74, 6) is -1.71. The number of aryl methyl sites for hydroxylation is 3. The number of imide groups is 1.